The van der Waals surface area contributed by atoms with Crippen molar-refractivity contribution in [2.75, 3.05) is 18.0 Å². The number of carboxylic acids is 1. The Morgan fingerprint density at radius 1 is 1.38 bits per heavy atom. The molecular weight excluding hydrogens is 306 g/mol. The van der Waals surface area contributed by atoms with E-state index < -0.39 is 18.3 Å². The molecule has 6 nitrogen and oxygen atoms in total. The number of carbonyl (C=O) groups is 1. The van der Waals surface area contributed by atoms with E-state index in [0.29, 0.717) is 11.0 Å². The molecule has 1 aliphatic heterocycles. The number of halogens is 3. The van der Waals surface area contributed by atoms with Crippen LogP contribution in [0.2, 0.25) is 5.28 Å². The highest BCUT2D eigenvalue weighted by atomic mass is 35.5. The number of rotatable bonds is 3. The number of nitrogens with zero attached hydrogens (tertiary/aromatic N) is 4. The summed E-state index contributed by atoms with van der Waals surface area (Å²) in [6, 6.07) is 1.59. The van der Waals surface area contributed by atoms with Crippen LogP contribution >= 0.6 is 11.6 Å². The van der Waals surface area contributed by atoms with Gasteiger partial charge in [0.05, 0.1) is 18.6 Å². The summed E-state index contributed by atoms with van der Waals surface area (Å²) in [4.78, 5) is 20.3. The van der Waals surface area contributed by atoms with Crippen molar-refractivity contribution in [2.24, 2.45) is 0 Å². The Morgan fingerprint density at radius 3 is 2.67 bits per heavy atom. The summed E-state index contributed by atoms with van der Waals surface area (Å²) in [5.41, 5.74) is 0.840. The van der Waals surface area contributed by atoms with E-state index in [0.717, 1.165) is 0 Å². The summed E-state index contributed by atoms with van der Waals surface area (Å²) in [5.74, 6) is -0.791. The third kappa shape index (κ3) is 2.51. The van der Waals surface area contributed by atoms with Crippen LogP contribution in [0.4, 0.5) is 14.6 Å². The lowest BCUT2D eigenvalue weighted by molar-refractivity contribution is -0.137. The molecule has 0 bridgehead atoms. The molecule has 0 spiro atoms. The zero-order valence-electron chi connectivity index (χ0n) is 10.7. The maximum atomic E-state index is 13.4. The van der Waals surface area contributed by atoms with Gasteiger partial charge in [0.15, 0.2) is 18.2 Å². The third-order valence-electron chi connectivity index (χ3n) is 3.35. The molecular formula is C12H11ClF2N4O2. The quantitative estimate of drug-likeness (QED) is 0.872. The second kappa shape index (κ2) is 5.10. The first kappa shape index (κ1) is 14.0. The van der Waals surface area contributed by atoms with Gasteiger partial charge in [0, 0.05) is 6.20 Å². The van der Waals surface area contributed by atoms with Crippen molar-refractivity contribution in [3.8, 4) is 0 Å². The monoisotopic (exact) mass is 316 g/mol. The molecule has 2 aromatic rings. The Labute approximate surface area is 123 Å². The van der Waals surface area contributed by atoms with Crippen LogP contribution in [0.15, 0.2) is 12.3 Å². The van der Waals surface area contributed by atoms with Gasteiger partial charge in [-0.15, -0.1) is 0 Å². The largest absolute Gasteiger partial charge is 0.480 e. The number of alkyl halides is 2. The summed E-state index contributed by atoms with van der Waals surface area (Å²) < 4.78 is 28.2. The highest BCUT2D eigenvalue weighted by molar-refractivity contribution is 6.28. The van der Waals surface area contributed by atoms with Gasteiger partial charge >= 0.3 is 5.97 Å². The first-order valence-corrected chi connectivity index (χ1v) is 6.61. The smallest absolute Gasteiger partial charge is 0.323 e. The molecule has 2 atom stereocenters. The fraction of sp³-hybridized carbons (Fsp3) is 0.417. The molecule has 1 saturated heterocycles. The Bertz CT molecular complexity index is 698. The number of fused-ring (bicyclic) bond motifs is 1. The van der Waals surface area contributed by atoms with Gasteiger partial charge in [0.25, 0.3) is 0 Å². The summed E-state index contributed by atoms with van der Waals surface area (Å²) in [7, 11) is 0. The lowest BCUT2D eigenvalue weighted by Gasteiger charge is -2.18. The van der Waals surface area contributed by atoms with Crippen molar-refractivity contribution in [2.45, 2.75) is 18.9 Å². The predicted octanol–water partition coefficient (Wildman–Crippen LogP) is 1.67. The van der Waals surface area contributed by atoms with Crippen molar-refractivity contribution < 1.29 is 18.7 Å². The van der Waals surface area contributed by atoms with E-state index >= 15 is 0 Å². The van der Waals surface area contributed by atoms with Crippen molar-refractivity contribution >= 4 is 34.4 Å². The molecule has 0 aromatic carbocycles. The maximum Gasteiger partial charge on any atom is 0.323 e. The van der Waals surface area contributed by atoms with Crippen molar-refractivity contribution in [1.82, 2.24) is 14.5 Å². The van der Waals surface area contributed by atoms with Gasteiger partial charge in [-0.2, -0.15) is 4.98 Å². The molecule has 1 aliphatic rings. The van der Waals surface area contributed by atoms with E-state index in [2.05, 4.69) is 9.97 Å². The molecule has 3 rings (SSSR count). The fourth-order valence-electron chi connectivity index (χ4n) is 2.45. The van der Waals surface area contributed by atoms with Crippen LogP contribution in [0, 0.1) is 0 Å². The summed E-state index contributed by atoms with van der Waals surface area (Å²) in [6.45, 7) is -0.600. The number of aliphatic carboxylic acids is 1. The molecule has 112 valence electrons. The van der Waals surface area contributed by atoms with Crippen LogP contribution < -0.4 is 4.90 Å². The van der Waals surface area contributed by atoms with Gasteiger partial charge in [-0.25, -0.2) is 13.8 Å². The van der Waals surface area contributed by atoms with Crippen LogP contribution in [0.3, 0.4) is 0 Å². The standard InChI is InChI=1S/C12H11ClF2N4O2/c13-12-16-8-1-2-18(5-9(20)21)10(8)11(17-12)19-3-6(14)7(15)4-19/h1-2,6-7H,3-5H2,(H,20,21)/t6-,7-/m1/s1. The third-order valence-corrected chi connectivity index (χ3v) is 3.52. The first-order valence-electron chi connectivity index (χ1n) is 6.23. The van der Waals surface area contributed by atoms with E-state index in [-0.39, 0.29) is 30.7 Å². The van der Waals surface area contributed by atoms with Gasteiger partial charge in [0.1, 0.15) is 12.1 Å². The summed E-state index contributed by atoms with van der Waals surface area (Å²) in [6.07, 6.45) is -1.67. The minimum Gasteiger partial charge on any atom is -0.480 e. The molecule has 0 saturated carbocycles. The van der Waals surface area contributed by atoms with Gasteiger partial charge in [-0.1, -0.05) is 0 Å². The number of hydrogen-bond acceptors (Lipinski definition) is 4. The van der Waals surface area contributed by atoms with E-state index in [1.807, 2.05) is 0 Å². The van der Waals surface area contributed by atoms with E-state index in [4.69, 9.17) is 16.7 Å². The lowest BCUT2D eigenvalue weighted by atomic mass is 10.3. The lowest BCUT2D eigenvalue weighted by Crippen LogP contribution is -2.23. The SMILES string of the molecule is O=C(O)Cn1ccc2nc(Cl)nc(N3C[C@@H](F)[C@H](F)C3)c21. The van der Waals surface area contributed by atoms with E-state index in [1.165, 1.54) is 15.7 Å². The average molecular weight is 317 g/mol. The highest BCUT2D eigenvalue weighted by Gasteiger charge is 2.35. The molecule has 3 heterocycles. The fourth-order valence-corrected chi connectivity index (χ4v) is 2.63. The predicted molar refractivity (Wildman–Crippen MR) is 72.2 cm³/mol. The Balaban J connectivity index is 2.11. The van der Waals surface area contributed by atoms with Gasteiger partial charge in [-0.05, 0) is 17.7 Å². The van der Waals surface area contributed by atoms with Gasteiger partial charge in [-0.3, -0.25) is 4.79 Å². The zero-order valence-corrected chi connectivity index (χ0v) is 11.5. The molecule has 9 heteroatoms. The number of hydrogen-bond donors (Lipinski definition) is 1. The molecule has 1 N–H and O–H groups in total. The Morgan fingerprint density at radius 2 is 2.05 bits per heavy atom. The molecule has 21 heavy (non-hydrogen) atoms. The van der Waals surface area contributed by atoms with Crippen LogP contribution in [0.5, 0.6) is 0 Å². The Kier molecular flexibility index (Phi) is 3.40. The minimum absolute atomic E-state index is 0.0525. The Hall–Kier alpha value is -1.96. The minimum atomic E-state index is -1.60. The summed E-state index contributed by atoms with van der Waals surface area (Å²) in [5, 5.41) is 8.87. The molecule has 2 aromatic heterocycles. The molecule has 1 fully saturated rings. The van der Waals surface area contributed by atoms with Crippen LogP contribution in [-0.2, 0) is 11.3 Å². The van der Waals surface area contributed by atoms with Crippen LogP contribution in [-0.4, -0.2) is 51.0 Å². The molecule has 0 radical (unpaired) electrons. The number of anilines is 1. The molecule has 0 amide bonds. The molecule has 0 unspecified atom stereocenters. The van der Waals surface area contributed by atoms with Crippen molar-refractivity contribution in [3.05, 3.63) is 17.5 Å². The maximum absolute atomic E-state index is 13.4. The molecule has 0 aliphatic carbocycles. The number of carboxylic acid groups (broad SMARTS) is 1. The summed E-state index contributed by atoms with van der Waals surface area (Å²) >= 11 is 5.83. The highest BCUT2D eigenvalue weighted by Crippen LogP contribution is 2.30. The average Bonchev–Trinajstić information content (AvgIpc) is 2.93. The van der Waals surface area contributed by atoms with E-state index in [9.17, 15) is 13.6 Å². The van der Waals surface area contributed by atoms with Gasteiger partial charge < -0.3 is 14.6 Å². The number of aromatic nitrogens is 3. The zero-order chi connectivity index (χ0) is 15.1. The van der Waals surface area contributed by atoms with Crippen molar-refractivity contribution in [3.63, 3.8) is 0 Å². The second-order valence-corrected chi connectivity index (χ2v) is 5.16. The van der Waals surface area contributed by atoms with E-state index in [1.54, 1.807) is 6.07 Å². The topological polar surface area (TPSA) is 71.2 Å². The second-order valence-electron chi connectivity index (χ2n) is 4.82. The van der Waals surface area contributed by atoms with Crippen LogP contribution in [0.1, 0.15) is 0 Å². The van der Waals surface area contributed by atoms with Crippen molar-refractivity contribution in [1.29, 1.82) is 0 Å². The first-order chi connectivity index (χ1) is 9.95. The normalized spacial score (nSPS) is 22.1. The van der Waals surface area contributed by atoms with Crippen LogP contribution in [0.25, 0.3) is 11.0 Å². The van der Waals surface area contributed by atoms with Gasteiger partial charge in [0.2, 0.25) is 5.28 Å².